The van der Waals surface area contributed by atoms with Gasteiger partial charge in [0.1, 0.15) is 0 Å². The van der Waals surface area contributed by atoms with E-state index >= 15 is 0 Å². The first kappa shape index (κ1) is 15.6. The molecule has 1 N–H and O–H groups in total. The Kier molecular flexibility index (Phi) is 6.86. The van der Waals surface area contributed by atoms with E-state index in [0.717, 1.165) is 38.8 Å². The summed E-state index contributed by atoms with van der Waals surface area (Å²) in [6, 6.07) is 0.195. The average molecular weight is 274 g/mol. The van der Waals surface area contributed by atoms with Crippen molar-refractivity contribution in [2.24, 2.45) is 0 Å². The lowest BCUT2D eigenvalue weighted by atomic mass is 10.0. The van der Waals surface area contributed by atoms with Gasteiger partial charge in [-0.2, -0.15) is 0 Å². The molecule has 5 heteroatoms. The fourth-order valence-electron chi connectivity index (χ4n) is 2.34. The zero-order valence-electron chi connectivity index (χ0n) is 11.8. The minimum Gasteiger partial charge on any atom is -0.339 e. The van der Waals surface area contributed by atoms with Crippen molar-refractivity contribution in [3.63, 3.8) is 0 Å². The predicted octanol–water partition coefficient (Wildman–Crippen LogP) is 1.13. The number of hydrogen-bond donors (Lipinski definition) is 1. The first-order valence-electron chi connectivity index (χ1n) is 6.90. The maximum Gasteiger partial charge on any atom is 0.239 e. The molecule has 0 aromatic carbocycles. The summed E-state index contributed by atoms with van der Waals surface area (Å²) < 4.78 is 11.1. The largest absolute Gasteiger partial charge is 0.339 e. The van der Waals surface area contributed by atoms with Crippen LogP contribution < -0.4 is 5.32 Å². The number of piperidine rings is 1. The number of carbonyl (C=O) groups is 1. The highest BCUT2D eigenvalue weighted by molar-refractivity contribution is 7.84. The second kappa shape index (κ2) is 7.89. The quantitative estimate of drug-likeness (QED) is 0.757. The molecule has 4 nitrogen and oxygen atoms in total. The molecule has 106 valence electrons. The van der Waals surface area contributed by atoms with Crippen LogP contribution in [-0.2, 0) is 15.6 Å². The monoisotopic (exact) mass is 274 g/mol. The SMILES string of the molecule is CCCNC1CCCN(C(C)CCS(C)=O)C1=O. The van der Waals surface area contributed by atoms with Gasteiger partial charge in [0.2, 0.25) is 5.91 Å². The van der Waals surface area contributed by atoms with Crippen LogP contribution in [0.3, 0.4) is 0 Å². The highest BCUT2D eigenvalue weighted by atomic mass is 32.2. The summed E-state index contributed by atoms with van der Waals surface area (Å²) in [6.07, 6.45) is 5.61. The fourth-order valence-corrected chi connectivity index (χ4v) is 3.01. The van der Waals surface area contributed by atoms with E-state index in [4.69, 9.17) is 0 Å². The van der Waals surface area contributed by atoms with Gasteiger partial charge in [0.25, 0.3) is 0 Å². The lowest BCUT2D eigenvalue weighted by Crippen LogP contribution is -2.53. The molecule has 18 heavy (non-hydrogen) atoms. The number of nitrogens with one attached hydrogen (secondary N) is 1. The molecular formula is C13H26N2O2S. The minimum atomic E-state index is -0.769. The zero-order chi connectivity index (χ0) is 13.5. The molecule has 1 rings (SSSR count). The van der Waals surface area contributed by atoms with E-state index < -0.39 is 10.8 Å². The standard InChI is InChI=1S/C13H26N2O2S/c1-4-8-14-12-6-5-9-15(13(12)16)11(2)7-10-18(3)17/h11-12,14H,4-10H2,1-3H3. The highest BCUT2D eigenvalue weighted by Crippen LogP contribution is 2.16. The molecule has 0 spiro atoms. The van der Waals surface area contributed by atoms with Crippen LogP contribution in [0.15, 0.2) is 0 Å². The third-order valence-electron chi connectivity index (χ3n) is 3.47. The molecule has 1 heterocycles. The molecule has 3 atom stereocenters. The fraction of sp³-hybridized carbons (Fsp3) is 0.923. The first-order valence-corrected chi connectivity index (χ1v) is 8.62. The van der Waals surface area contributed by atoms with E-state index in [9.17, 15) is 9.00 Å². The molecular weight excluding hydrogens is 248 g/mol. The maximum atomic E-state index is 12.3. The van der Waals surface area contributed by atoms with Crippen LogP contribution >= 0.6 is 0 Å². The van der Waals surface area contributed by atoms with Crippen LogP contribution in [0.5, 0.6) is 0 Å². The van der Waals surface area contributed by atoms with E-state index in [2.05, 4.69) is 19.2 Å². The number of likely N-dealkylation sites (tertiary alicyclic amines) is 1. The van der Waals surface area contributed by atoms with Crippen LogP contribution in [0.1, 0.15) is 39.5 Å². The van der Waals surface area contributed by atoms with Crippen molar-refractivity contribution < 1.29 is 9.00 Å². The van der Waals surface area contributed by atoms with Crippen molar-refractivity contribution in [2.45, 2.75) is 51.6 Å². The normalized spacial score (nSPS) is 24.1. The smallest absolute Gasteiger partial charge is 0.239 e. The Morgan fingerprint density at radius 2 is 2.28 bits per heavy atom. The zero-order valence-corrected chi connectivity index (χ0v) is 12.6. The highest BCUT2D eigenvalue weighted by Gasteiger charge is 2.30. The molecule has 1 fully saturated rings. The number of hydrogen-bond acceptors (Lipinski definition) is 3. The van der Waals surface area contributed by atoms with Gasteiger partial charge in [-0.25, -0.2) is 0 Å². The topological polar surface area (TPSA) is 49.4 Å². The number of amides is 1. The molecule has 1 amide bonds. The van der Waals surface area contributed by atoms with Crippen LogP contribution in [0, 0.1) is 0 Å². The van der Waals surface area contributed by atoms with Crippen LogP contribution in [0.25, 0.3) is 0 Å². The molecule has 0 aromatic heterocycles. The third-order valence-corrected chi connectivity index (χ3v) is 4.28. The maximum absolute atomic E-state index is 12.3. The molecule has 0 aromatic rings. The summed E-state index contributed by atoms with van der Waals surface area (Å²) in [5.41, 5.74) is 0. The van der Waals surface area contributed by atoms with Gasteiger partial charge in [0.15, 0.2) is 0 Å². The van der Waals surface area contributed by atoms with Crippen LogP contribution in [-0.4, -0.2) is 52.2 Å². The van der Waals surface area contributed by atoms with Crippen LogP contribution in [0.4, 0.5) is 0 Å². The van der Waals surface area contributed by atoms with Gasteiger partial charge in [0, 0.05) is 35.4 Å². The number of carbonyl (C=O) groups excluding carboxylic acids is 1. The van der Waals surface area contributed by atoms with Crippen molar-refractivity contribution in [1.29, 1.82) is 0 Å². The van der Waals surface area contributed by atoms with Gasteiger partial charge in [-0.15, -0.1) is 0 Å². The van der Waals surface area contributed by atoms with Gasteiger partial charge < -0.3 is 10.2 Å². The second-order valence-electron chi connectivity index (χ2n) is 5.10. The lowest BCUT2D eigenvalue weighted by molar-refractivity contribution is -0.138. The van der Waals surface area contributed by atoms with E-state index in [1.807, 2.05) is 4.90 Å². The molecule has 3 unspecified atom stereocenters. The molecule has 0 saturated carbocycles. The molecule has 0 radical (unpaired) electrons. The van der Waals surface area contributed by atoms with Crippen molar-refractivity contribution in [1.82, 2.24) is 10.2 Å². The Balaban J connectivity index is 2.48. The lowest BCUT2D eigenvalue weighted by Gasteiger charge is -2.37. The minimum absolute atomic E-state index is 0.00623. The summed E-state index contributed by atoms with van der Waals surface area (Å²) in [4.78, 5) is 14.3. The predicted molar refractivity (Wildman–Crippen MR) is 76.0 cm³/mol. The van der Waals surface area contributed by atoms with E-state index in [-0.39, 0.29) is 18.0 Å². The molecule has 0 aliphatic carbocycles. The van der Waals surface area contributed by atoms with E-state index in [1.165, 1.54) is 0 Å². The van der Waals surface area contributed by atoms with Gasteiger partial charge in [-0.1, -0.05) is 6.92 Å². The van der Waals surface area contributed by atoms with Crippen molar-refractivity contribution in [3.8, 4) is 0 Å². The summed E-state index contributed by atoms with van der Waals surface area (Å²) in [5, 5.41) is 3.32. The second-order valence-corrected chi connectivity index (χ2v) is 6.65. The molecule has 1 saturated heterocycles. The number of nitrogens with zero attached hydrogens (tertiary/aromatic N) is 1. The third kappa shape index (κ3) is 4.69. The Morgan fingerprint density at radius 3 is 2.89 bits per heavy atom. The molecule has 0 bridgehead atoms. The Bertz CT molecular complexity index is 297. The first-order chi connectivity index (χ1) is 8.56. The van der Waals surface area contributed by atoms with Crippen molar-refractivity contribution in [3.05, 3.63) is 0 Å². The summed E-state index contributed by atoms with van der Waals surface area (Å²) in [5.74, 6) is 0.905. The summed E-state index contributed by atoms with van der Waals surface area (Å²) in [6.45, 7) is 5.92. The molecule has 1 aliphatic heterocycles. The Morgan fingerprint density at radius 1 is 1.56 bits per heavy atom. The summed E-state index contributed by atoms with van der Waals surface area (Å²) >= 11 is 0. The van der Waals surface area contributed by atoms with E-state index in [0.29, 0.717) is 5.75 Å². The Labute approximate surface area is 113 Å². The average Bonchev–Trinajstić information content (AvgIpc) is 2.34. The summed E-state index contributed by atoms with van der Waals surface area (Å²) in [7, 11) is -0.769. The van der Waals surface area contributed by atoms with Gasteiger partial charge in [-0.3, -0.25) is 9.00 Å². The van der Waals surface area contributed by atoms with Gasteiger partial charge >= 0.3 is 0 Å². The van der Waals surface area contributed by atoms with Crippen molar-refractivity contribution >= 4 is 16.7 Å². The number of rotatable bonds is 7. The van der Waals surface area contributed by atoms with E-state index in [1.54, 1.807) is 6.26 Å². The molecule has 1 aliphatic rings. The van der Waals surface area contributed by atoms with Crippen LogP contribution in [0.2, 0.25) is 0 Å². The van der Waals surface area contributed by atoms with Gasteiger partial charge in [-0.05, 0) is 39.2 Å². The Hall–Kier alpha value is -0.420. The van der Waals surface area contributed by atoms with Crippen molar-refractivity contribution in [2.75, 3.05) is 25.1 Å². The van der Waals surface area contributed by atoms with Gasteiger partial charge in [0.05, 0.1) is 6.04 Å².